The summed E-state index contributed by atoms with van der Waals surface area (Å²) in [5.74, 6) is 0.866. The smallest absolute Gasteiger partial charge is 0.224 e. The highest BCUT2D eigenvalue weighted by Crippen LogP contribution is 2.18. The molecule has 0 spiro atoms. The van der Waals surface area contributed by atoms with E-state index in [2.05, 4.69) is 17.3 Å². The van der Waals surface area contributed by atoms with Gasteiger partial charge in [-0.05, 0) is 63.0 Å². The molecule has 3 N–H and O–H groups in total. The Labute approximate surface area is 121 Å². The third-order valence-corrected chi connectivity index (χ3v) is 4.06. The van der Waals surface area contributed by atoms with E-state index in [1.54, 1.807) is 0 Å². The first kappa shape index (κ1) is 14.9. The number of nitrogen functional groups attached to an aromatic ring is 1. The van der Waals surface area contributed by atoms with E-state index in [0.29, 0.717) is 6.42 Å². The second-order valence-corrected chi connectivity index (χ2v) is 5.80. The lowest BCUT2D eigenvalue weighted by Gasteiger charge is -2.28. The quantitative estimate of drug-likeness (QED) is 0.804. The zero-order valence-corrected chi connectivity index (χ0v) is 12.3. The van der Waals surface area contributed by atoms with E-state index in [4.69, 9.17) is 5.73 Å². The third kappa shape index (κ3) is 4.85. The molecule has 4 heteroatoms. The summed E-state index contributed by atoms with van der Waals surface area (Å²) in [4.78, 5) is 14.2. The van der Waals surface area contributed by atoms with Crippen molar-refractivity contribution in [3.05, 3.63) is 29.8 Å². The Morgan fingerprint density at radius 3 is 2.60 bits per heavy atom. The standard InChI is InChI=1S/C16H25N3O/c1-19-10-7-13(8-11-19)6-9-18-16(20)12-14-2-4-15(17)5-3-14/h2-5,13H,6-12,17H2,1H3,(H,18,20). The molecule has 1 aliphatic rings. The number of hydrogen-bond acceptors (Lipinski definition) is 3. The molecule has 20 heavy (non-hydrogen) atoms. The van der Waals surface area contributed by atoms with Gasteiger partial charge in [-0.1, -0.05) is 12.1 Å². The Morgan fingerprint density at radius 1 is 1.30 bits per heavy atom. The van der Waals surface area contributed by atoms with E-state index >= 15 is 0 Å². The van der Waals surface area contributed by atoms with Crippen LogP contribution in [0.2, 0.25) is 0 Å². The number of benzene rings is 1. The van der Waals surface area contributed by atoms with E-state index in [0.717, 1.165) is 30.1 Å². The molecule has 1 fully saturated rings. The maximum absolute atomic E-state index is 11.8. The van der Waals surface area contributed by atoms with Gasteiger partial charge in [0.15, 0.2) is 0 Å². The molecule has 0 aromatic heterocycles. The van der Waals surface area contributed by atoms with Gasteiger partial charge < -0.3 is 16.0 Å². The van der Waals surface area contributed by atoms with Crippen LogP contribution in [0.3, 0.4) is 0 Å². The molecule has 0 bridgehead atoms. The lowest BCUT2D eigenvalue weighted by atomic mass is 9.94. The molecule has 1 aromatic carbocycles. The zero-order chi connectivity index (χ0) is 14.4. The highest BCUT2D eigenvalue weighted by molar-refractivity contribution is 5.78. The Hall–Kier alpha value is -1.55. The van der Waals surface area contributed by atoms with Crippen LogP contribution >= 0.6 is 0 Å². The minimum Gasteiger partial charge on any atom is -0.399 e. The highest BCUT2D eigenvalue weighted by atomic mass is 16.1. The Bertz CT molecular complexity index is 422. The molecule has 1 saturated heterocycles. The van der Waals surface area contributed by atoms with Crippen LogP contribution in [0.1, 0.15) is 24.8 Å². The molecule has 1 amide bonds. The summed E-state index contributed by atoms with van der Waals surface area (Å²) in [6, 6.07) is 7.49. The molecule has 1 aromatic rings. The fourth-order valence-electron chi connectivity index (χ4n) is 2.65. The SMILES string of the molecule is CN1CCC(CCNC(=O)Cc2ccc(N)cc2)CC1. The predicted molar refractivity (Wildman–Crippen MR) is 82.4 cm³/mol. The van der Waals surface area contributed by atoms with Crippen molar-refractivity contribution in [1.29, 1.82) is 0 Å². The molecule has 1 aliphatic heterocycles. The van der Waals surface area contributed by atoms with Crippen LogP contribution in [-0.4, -0.2) is 37.5 Å². The van der Waals surface area contributed by atoms with Crippen LogP contribution in [0.15, 0.2) is 24.3 Å². The van der Waals surface area contributed by atoms with Gasteiger partial charge in [0, 0.05) is 12.2 Å². The van der Waals surface area contributed by atoms with Crippen molar-refractivity contribution < 1.29 is 4.79 Å². The molecular formula is C16H25N3O. The number of hydrogen-bond donors (Lipinski definition) is 2. The number of anilines is 1. The number of carbonyl (C=O) groups excluding carboxylic acids is 1. The Morgan fingerprint density at radius 2 is 1.95 bits per heavy atom. The fourth-order valence-corrected chi connectivity index (χ4v) is 2.65. The van der Waals surface area contributed by atoms with Gasteiger partial charge in [0.25, 0.3) is 0 Å². The van der Waals surface area contributed by atoms with Crippen LogP contribution in [0, 0.1) is 5.92 Å². The first-order chi connectivity index (χ1) is 9.63. The van der Waals surface area contributed by atoms with Crippen LogP contribution in [0.5, 0.6) is 0 Å². The number of carbonyl (C=O) groups is 1. The molecular weight excluding hydrogens is 250 g/mol. The van der Waals surface area contributed by atoms with E-state index in [-0.39, 0.29) is 5.91 Å². The normalized spacial score (nSPS) is 17.1. The van der Waals surface area contributed by atoms with E-state index < -0.39 is 0 Å². The van der Waals surface area contributed by atoms with Gasteiger partial charge in [-0.2, -0.15) is 0 Å². The van der Waals surface area contributed by atoms with Gasteiger partial charge in [0.05, 0.1) is 6.42 Å². The number of nitrogens with one attached hydrogen (secondary N) is 1. The van der Waals surface area contributed by atoms with E-state index in [9.17, 15) is 4.79 Å². The number of piperidine rings is 1. The van der Waals surface area contributed by atoms with Gasteiger partial charge in [-0.15, -0.1) is 0 Å². The Kier molecular flexibility index (Phi) is 5.41. The minimum absolute atomic E-state index is 0.0997. The molecule has 2 rings (SSSR count). The molecule has 0 unspecified atom stereocenters. The van der Waals surface area contributed by atoms with Crippen molar-refractivity contribution in [3.63, 3.8) is 0 Å². The number of likely N-dealkylation sites (tertiary alicyclic amines) is 1. The summed E-state index contributed by atoms with van der Waals surface area (Å²) in [6.45, 7) is 3.16. The van der Waals surface area contributed by atoms with Crippen molar-refractivity contribution in [2.24, 2.45) is 5.92 Å². The lowest BCUT2D eigenvalue weighted by Crippen LogP contribution is -2.33. The Balaban J connectivity index is 1.64. The summed E-state index contributed by atoms with van der Waals surface area (Å²) in [5, 5.41) is 3.02. The van der Waals surface area contributed by atoms with Gasteiger partial charge in [0.1, 0.15) is 0 Å². The minimum atomic E-state index is 0.0997. The molecule has 0 radical (unpaired) electrons. The van der Waals surface area contributed by atoms with Gasteiger partial charge in [-0.3, -0.25) is 4.79 Å². The summed E-state index contributed by atoms with van der Waals surface area (Å²) in [5.41, 5.74) is 7.37. The topological polar surface area (TPSA) is 58.4 Å². The van der Waals surface area contributed by atoms with Crippen LogP contribution < -0.4 is 11.1 Å². The van der Waals surface area contributed by atoms with Crippen LogP contribution in [0.4, 0.5) is 5.69 Å². The predicted octanol–water partition coefficient (Wildman–Crippen LogP) is 1.66. The van der Waals surface area contributed by atoms with Gasteiger partial charge >= 0.3 is 0 Å². The molecule has 4 nitrogen and oxygen atoms in total. The average Bonchev–Trinajstić information content (AvgIpc) is 2.44. The van der Waals surface area contributed by atoms with Gasteiger partial charge in [-0.25, -0.2) is 0 Å². The maximum Gasteiger partial charge on any atom is 0.224 e. The third-order valence-electron chi connectivity index (χ3n) is 4.06. The summed E-state index contributed by atoms with van der Waals surface area (Å²) < 4.78 is 0. The number of rotatable bonds is 5. The average molecular weight is 275 g/mol. The maximum atomic E-state index is 11.8. The number of nitrogens with zero attached hydrogens (tertiary/aromatic N) is 1. The van der Waals surface area contributed by atoms with Crippen molar-refractivity contribution in [1.82, 2.24) is 10.2 Å². The first-order valence-corrected chi connectivity index (χ1v) is 7.43. The molecule has 1 heterocycles. The van der Waals surface area contributed by atoms with E-state index in [1.807, 2.05) is 24.3 Å². The van der Waals surface area contributed by atoms with E-state index in [1.165, 1.54) is 25.9 Å². The molecule has 110 valence electrons. The number of amides is 1. The van der Waals surface area contributed by atoms with Gasteiger partial charge in [0.2, 0.25) is 5.91 Å². The van der Waals surface area contributed by atoms with Crippen molar-refractivity contribution in [2.45, 2.75) is 25.7 Å². The largest absolute Gasteiger partial charge is 0.399 e. The zero-order valence-electron chi connectivity index (χ0n) is 12.3. The second-order valence-electron chi connectivity index (χ2n) is 5.80. The van der Waals surface area contributed by atoms with Crippen LogP contribution in [0.25, 0.3) is 0 Å². The van der Waals surface area contributed by atoms with Crippen molar-refractivity contribution in [3.8, 4) is 0 Å². The summed E-state index contributed by atoms with van der Waals surface area (Å²) >= 11 is 0. The van der Waals surface area contributed by atoms with Crippen molar-refractivity contribution in [2.75, 3.05) is 32.4 Å². The first-order valence-electron chi connectivity index (χ1n) is 7.43. The van der Waals surface area contributed by atoms with Crippen molar-refractivity contribution >= 4 is 11.6 Å². The molecule has 0 atom stereocenters. The summed E-state index contributed by atoms with van der Waals surface area (Å²) in [6.07, 6.45) is 4.05. The molecule has 0 saturated carbocycles. The second kappa shape index (κ2) is 7.29. The van der Waals surface area contributed by atoms with Crippen LogP contribution in [-0.2, 0) is 11.2 Å². The fraction of sp³-hybridized carbons (Fsp3) is 0.562. The summed E-state index contributed by atoms with van der Waals surface area (Å²) in [7, 11) is 2.17. The highest BCUT2D eigenvalue weighted by Gasteiger charge is 2.16. The molecule has 0 aliphatic carbocycles. The lowest BCUT2D eigenvalue weighted by molar-refractivity contribution is -0.120. The monoisotopic (exact) mass is 275 g/mol. The number of nitrogens with two attached hydrogens (primary N) is 1.